The van der Waals surface area contributed by atoms with Crippen molar-refractivity contribution in [2.75, 3.05) is 32.9 Å². The molecule has 1 saturated heterocycles. The fourth-order valence-corrected chi connectivity index (χ4v) is 3.66. The molecule has 1 unspecified atom stereocenters. The first-order chi connectivity index (χ1) is 14.0. The van der Waals surface area contributed by atoms with Gasteiger partial charge in [-0.1, -0.05) is 6.07 Å². The van der Waals surface area contributed by atoms with E-state index in [9.17, 15) is 14.4 Å². The molecular formula is C21H24FN3O4. The van der Waals surface area contributed by atoms with Crippen LogP contribution < -0.4 is 5.73 Å². The molecule has 1 atom stereocenters. The van der Waals surface area contributed by atoms with Gasteiger partial charge in [0, 0.05) is 19.6 Å². The van der Waals surface area contributed by atoms with E-state index in [0.717, 1.165) is 0 Å². The summed E-state index contributed by atoms with van der Waals surface area (Å²) in [5, 5.41) is 9.73. The second kappa shape index (κ2) is 9.07. The number of ether oxygens (including phenoxy) is 3. The molecular weight excluding hydrogens is 377 g/mol. The van der Waals surface area contributed by atoms with Gasteiger partial charge in [-0.15, -0.1) is 0 Å². The molecule has 0 aliphatic carbocycles. The summed E-state index contributed by atoms with van der Waals surface area (Å²) in [7, 11) is 0. The zero-order chi connectivity index (χ0) is 21.0. The summed E-state index contributed by atoms with van der Waals surface area (Å²) in [6.45, 7) is 6.57. The zero-order valence-corrected chi connectivity index (χ0v) is 16.5. The number of nitrogens with two attached hydrogens (primary N) is 1. The van der Waals surface area contributed by atoms with Crippen molar-refractivity contribution in [1.82, 2.24) is 4.90 Å². The molecule has 154 valence electrons. The summed E-state index contributed by atoms with van der Waals surface area (Å²) in [6.07, 6.45) is 0. The lowest BCUT2D eigenvalue weighted by Crippen LogP contribution is -2.36. The molecule has 1 aromatic carbocycles. The maximum Gasteiger partial charge on any atom is 0.338 e. The Labute approximate surface area is 169 Å². The normalized spacial score (nSPS) is 20.3. The topological polar surface area (TPSA) is 97.8 Å². The molecule has 0 spiro atoms. The van der Waals surface area contributed by atoms with E-state index in [2.05, 4.69) is 11.0 Å². The van der Waals surface area contributed by atoms with Gasteiger partial charge in [0.15, 0.2) is 0 Å². The van der Waals surface area contributed by atoms with Gasteiger partial charge < -0.3 is 19.9 Å². The first kappa shape index (κ1) is 20.8. The predicted octanol–water partition coefficient (Wildman–Crippen LogP) is 2.30. The van der Waals surface area contributed by atoms with E-state index in [1.165, 1.54) is 12.1 Å². The summed E-state index contributed by atoms with van der Waals surface area (Å²) in [6, 6.07) is 6.40. The van der Waals surface area contributed by atoms with Crippen LogP contribution in [0.1, 0.15) is 30.9 Å². The van der Waals surface area contributed by atoms with E-state index < -0.39 is 17.7 Å². The summed E-state index contributed by atoms with van der Waals surface area (Å²) in [5.74, 6) is -1.56. The van der Waals surface area contributed by atoms with Gasteiger partial charge in [-0.3, -0.25) is 4.90 Å². The highest BCUT2D eigenvalue weighted by Crippen LogP contribution is 2.41. The first-order valence-corrected chi connectivity index (χ1v) is 9.50. The zero-order valence-electron chi connectivity index (χ0n) is 16.5. The molecule has 7 nitrogen and oxygen atoms in total. The molecule has 2 aliphatic rings. The average molecular weight is 401 g/mol. The van der Waals surface area contributed by atoms with Gasteiger partial charge in [-0.25, -0.2) is 9.18 Å². The van der Waals surface area contributed by atoms with E-state index in [0.29, 0.717) is 44.0 Å². The molecule has 0 amide bonds. The number of esters is 1. The monoisotopic (exact) mass is 401 g/mol. The number of carbonyl (C=O) groups is 1. The number of benzene rings is 1. The fraction of sp³-hybridized carbons (Fsp3) is 0.429. The summed E-state index contributed by atoms with van der Waals surface area (Å²) < 4.78 is 30.1. The molecule has 1 fully saturated rings. The Hall–Kier alpha value is -2.89. The molecule has 0 saturated carbocycles. The van der Waals surface area contributed by atoms with Gasteiger partial charge in [-0.05, 0) is 37.1 Å². The highest BCUT2D eigenvalue weighted by atomic mass is 19.1. The Balaban J connectivity index is 2.10. The van der Waals surface area contributed by atoms with E-state index in [1.54, 1.807) is 19.9 Å². The third kappa shape index (κ3) is 4.42. The highest BCUT2D eigenvalue weighted by Gasteiger charge is 2.37. The SMILES string of the molecule is CCOC(=O)C1=C(C)OC(N)=C(C#N)C1c1ccc(F)cc1CN1CCOCC1. The lowest BCUT2D eigenvalue weighted by molar-refractivity contribution is -0.139. The van der Waals surface area contributed by atoms with Crippen LogP contribution in [0.5, 0.6) is 0 Å². The van der Waals surface area contributed by atoms with Gasteiger partial charge in [0.1, 0.15) is 23.2 Å². The molecule has 8 heteroatoms. The number of nitriles is 1. The van der Waals surface area contributed by atoms with Crippen LogP contribution in [-0.4, -0.2) is 43.8 Å². The van der Waals surface area contributed by atoms with E-state index in [-0.39, 0.29) is 29.4 Å². The molecule has 29 heavy (non-hydrogen) atoms. The van der Waals surface area contributed by atoms with Crippen LogP contribution in [0.3, 0.4) is 0 Å². The van der Waals surface area contributed by atoms with Crippen molar-refractivity contribution in [3.05, 3.63) is 57.9 Å². The molecule has 0 bridgehead atoms. The van der Waals surface area contributed by atoms with Crippen LogP contribution >= 0.6 is 0 Å². The highest BCUT2D eigenvalue weighted by molar-refractivity contribution is 5.92. The van der Waals surface area contributed by atoms with E-state index in [1.807, 2.05) is 0 Å². The fourth-order valence-electron chi connectivity index (χ4n) is 3.66. The Bertz CT molecular complexity index is 898. The summed E-state index contributed by atoms with van der Waals surface area (Å²) >= 11 is 0. The van der Waals surface area contributed by atoms with Crippen molar-refractivity contribution in [2.45, 2.75) is 26.3 Å². The number of carbonyl (C=O) groups excluding carboxylic acids is 1. The van der Waals surface area contributed by atoms with Gasteiger partial charge >= 0.3 is 5.97 Å². The van der Waals surface area contributed by atoms with Gasteiger partial charge in [0.05, 0.1) is 31.3 Å². The van der Waals surface area contributed by atoms with Crippen LogP contribution in [0.2, 0.25) is 0 Å². The average Bonchev–Trinajstić information content (AvgIpc) is 2.68. The third-order valence-electron chi connectivity index (χ3n) is 5.01. The van der Waals surface area contributed by atoms with Crippen molar-refractivity contribution in [3.63, 3.8) is 0 Å². The summed E-state index contributed by atoms with van der Waals surface area (Å²) in [5.41, 5.74) is 7.57. The molecule has 2 aliphatic heterocycles. The standard InChI is InChI=1S/C21H24FN3O4/c1-3-28-21(26)18-13(2)29-20(24)17(11-23)19(18)16-5-4-15(22)10-14(16)12-25-6-8-27-9-7-25/h4-5,10,19H,3,6-9,12,24H2,1-2H3. The number of halogens is 1. The second-order valence-corrected chi connectivity index (χ2v) is 6.85. The largest absolute Gasteiger partial charge is 0.463 e. The van der Waals surface area contributed by atoms with Crippen molar-refractivity contribution in [3.8, 4) is 6.07 Å². The number of allylic oxidation sites excluding steroid dienone is 2. The molecule has 0 radical (unpaired) electrons. The minimum absolute atomic E-state index is 0.0651. The Kier molecular flexibility index (Phi) is 6.52. The first-order valence-electron chi connectivity index (χ1n) is 9.50. The predicted molar refractivity (Wildman–Crippen MR) is 102 cm³/mol. The lowest BCUT2D eigenvalue weighted by Gasteiger charge is -2.31. The molecule has 2 heterocycles. The molecule has 0 aromatic heterocycles. The minimum Gasteiger partial charge on any atom is -0.463 e. The van der Waals surface area contributed by atoms with Crippen molar-refractivity contribution >= 4 is 5.97 Å². The van der Waals surface area contributed by atoms with Crippen LogP contribution in [0.4, 0.5) is 4.39 Å². The Morgan fingerprint density at radius 3 is 2.79 bits per heavy atom. The molecule has 1 aromatic rings. The van der Waals surface area contributed by atoms with Crippen LogP contribution in [-0.2, 0) is 25.5 Å². The number of hydrogen-bond donors (Lipinski definition) is 1. The number of nitrogens with zero attached hydrogens (tertiary/aromatic N) is 2. The second-order valence-electron chi connectivity index (χ2n) is 6.85. The molecule has 3 rings (SSSR count). The molecule has 2 N–H and O–H groups in total. The van der Waals surface area contributed by atoms with Crippen molar-refractivity contribution < 1.29 is 23.4 Å². The van der Waals surface area contributed by atoms with Crippen LogP contribution in [0.25, 0.3) is 0 Å². The van der Waals surface area contributed by atoms with Crippen LogP contribution in [0.15, 0.2) is 41.0 Å². The lowest BCUT2D eigenvalue weighted by atomic mass is 9.80. The smallest absolute Gasteiger partial charge is 0.338 e. The van der Waals surface area contributed by atoms with Gasteiger partial charge in [-0.2, -0.15) is 5.26 Å². The van der Waals surface area contributed by atoms with E-state index >= 15 is 0 Å². The number of hydrogen-bond acceptors (Lipinski definition) is 7. The number of rotatable bonds is 5. The maximum absolute atomic E-state index is 14.1. The quantitative estimate of drug-likeness (QED) is 0.756. The van der Waals surface area contributed by atoms with Crippen molar-refractivity contribution in [2.24, 2.45) is 5.73 Å². The minimum atomic E-state index is -0.788. The maximum atomic E-state index is 14.1. The van der Waals surface area contributed by atoms with E-state index in [4.69, 9.17) is 19.9 Å². The third-order valence-corrected chi connectivity index (χ3v) is 5.01. The number of morpholine rings is 1. The van der Waals surface area contributed by atoms with Gasteiger partial charge in [0.25, 0.3) is 0 Å². The Morgan fingerprint density at radius 1 is 1.41 bits per heavy atom. The Morgan fingerprint density at radius 2 is 2.14 bits per heavy atom. The van der Waals surface area contributed by atoms with Crippen molar-refractivity contribution in [1.29, 1.82) is 5.26 Å². The van der Waals surface area contributed by atoms with Gasteiger partial charge in [0.2, 0.25) is 5.88 Å². The van der Waals surface area contributed by atoms with Crippen LogP contribution in [0, 0.1) is 17.1 Å². The summed E-state index contributed by atoms with van der Waals surface area (Å²) in [4.78, 5) is 14.8.